The molecule has 0 spiro atoms. The van der Waals surface area contributed by atoms with E-state index in [9.17, 15) is 0 Å². The highest BCUT2D eigenvalue weighted by Crippen LogP contribution is 2.27. The minimum atomic E-state index is -0.962. The van der Waals surface area contributed by atoms with Crippen LogP contribution in [0, 0.1) is 0 Å². The largest absolute Gasteiger partial charge is 0.303 e. The van der Waals surface area contributed by atoms with E-state index < -0.39 is 8.07 Å². The highest BCUT2D eigenvalue weighted by atomic mass is 28.3. The molecule has 0 saturated carbocycles. The second kappa shape index (κ2) is 8.92. The molecule has 0 bridgehead atoms. The van der Waals surface area contributed by atoms with E-state index in [2.05, 4.69) is 37.8 Å². The molecule has 1 rings (SSSR count). The Morgan fingerprint density at radius 3 is 2.28 bits per heavy atom. The third-order valence-electron chi connectivity index (χ3n) is 4.92. The first-order valence-electron chi connectivity index (χ1n) is 8.10. The van der Waals surface area contributed by atoms with Crippen LogP contribution in [0.5, 0.6) is 0 Å². The first-order valence-corrected chi connectivity index (χ1v) is 10.9. The van der Waals surface area contributed by atoms with Crippen molar-refractivity contribution >= 4 is 8.07 Å². The van der Waals surface area contributed by atoms with E-state index >= 15 is 0 Å². The number of nitrogens with zero attached hydrogens (tertiary/aromatic N) is 1. The molecule has 2 heteroatoms. The van der Waals surface area contributed by atoms with Gasteiger partial charge in [0.25, 0.3) is 0 Å². The monoisotopic (exact) mass is 267 g/mol. The average Bonchev–Trinajstić information content (AvgIpc) is 2.44. The highest BCUT2D eigenvalue weighted by Gasteiger charge is 2.26. The molecule has 106 valence electrons. The van der Waals surface area contributed by atoms with E-state index in [-0.39, 0.29) is 0 Å². The SMILES string of the molecule is CC=CC[Si](CC)(CC)CCCN1CCCCC1. The zero-order valence-electron chi connectivity index (χ0n) is 12.9. The van der Waals surface area contributed by atoms with Gasteiger partial charge in [-0.25, -0.2) is 0 Å². The molecule has 1 aliphatic heterocycles. The molecule has 0 aromatic heterocycles. The van der Waals surface area contributed by atoms with E-state index in [1.807, 2.05) is 0 Å². The number of allylic oxidation sites excluding steroid dienone is 2. The molecule has 1 nitrogen and oxygen atoms in total. The quantitative estimate of drug-likeness (QED) is 0.445. The Morgan fingerprint density at radius 2 is 1.72 bits per heavy atom. The van der Waals surface area contributed by atoms with Gasteiger partial charge in [-0.15, -0.1) is 0 Å². The summed E-state index contributed by atoms with van der Waals surface area (Å²) in [6, 6.07) is 5.89. The minimum absolute atomic E-state index is 0.962. The summed E-state index contributed by atoms with van der Waals surface area (Å²) in [6.07, 6.45) is 10.5. The summed E-state index contributed by atoms with van der Waals surface area (Å²) in [7, 11) is -0.962. The molecule has 0 aromatic carbocycles. The topological polar surface area (TPSA) is 3.24 Å². The maximum Gasteiger partial charge on any atom is 0.0568 e. The molecule has 1 heterocycles. The van der Waals surface area contributed by atoms with Crippen LogP contribution in [0.3, 0.4) is 0 Å². The van der Waals surface area contributed by atoms with E-state index in [4.69, 9.17) is 0 Å². The van der Waals surface area contributed by atoms with Crippen molar-refractivity contribution in [2.45, 2.75) is 70.6 Å². The van der Waals surface area contributed by atoms with Gasteiger partial charge < -0.3 is 4.90 Å². The Bertz CT molecular complexity index is 227. The van der Waals surface area contributed by atoms with E-state index in [0.29, 0.717) is 0 Å². The van der Waals surface area contributed by atoms with Gasteiger partial charge in [0, 0.05) is 0 Å². The van der Waals surface area contributed by atoms with Crippen LogP contribution in [0.2, 0.25) is 24.2 Å². The second-order valence-corrected chi connectivity index (χ2v) is 11.3. The van der Waals surface area contributed by atoms with Gasteiger partial charge in [-0.1, -0.05) is 50.6 Å². The van der Waals surface area contributed by atoms with Crippen molar-refractivity contribution in [3.63, 3.8) is 0 Å². The van der Waals surface area contributed by atoms with Crippen molar-refractivity contribution in [2.24, 2.45) is 0 Å². The highest BCUT2D eigenvalue weighted by molar-refractivity contribution is 6.80. The van der Waals surface area contributed by atoms with E-state index in [0.717, 1.165) is 0 Å². The van der Waals surface area contributed by atoms with Crippen LogP contribution < -0.4 is 0 Å². The second-order valence-electron chi connectivity index (χ2n) is 5.99. The van der Waals surface area contributed by atoms with Crippen LogP contribution in [0.25, 0.3) is 0 Å². The summed E-state index contributed by atoms with van der Waals surface area (Å²) in [5, 5.41) is 0. The lowest BCUT2D eigenvalue weighted by Crippen LogP contribution is -2.35. The van der Waals surface area contributed by atoms with Crippen molar-refractivity contribution in [3.8, 4) is 0 Å². The van der Waals surface area contributed by atoms with Gasteiger partial charge in [0.05, 0.1) is 8.07 Å². The average molecular weight is 268 g/mol. The Labute approximate surface area is 116 Å². The van der Waals surface area contributed by atoms with Crippen molar-refractivity contribution in [2.75, 3.05) is 19.6 Å². The number of piperidine rings is 1. The fraction of sp³-hybridized carbons (Fsp3) is 0.875. The lowest BCUT2D eigenvalue weighted by atomic mass is 10.1. The van der Waals surface area contributed by atoms with Gasteiger partial charge >= 0.3 is 0 Å². The van der Waals surface area contributed by atoms with Crippen LogP contribution in [0.1, 0.15) is 46.5 Å². The third-order valence-corrected chi connectivity index (χ3v) is 10.4. The lowest BCUT2D eigenvalue weighted by Gasteiger charge is -2.31. The summed E-state index contributed by atoms with van der Waals surface area (Å²) in [5.74, 6) is 0. The van der Waals surface area contributed by atoms with Crippen molar-refractivity contribution in [3.05, 3.63) is 12.2 Å². The maximum absolute atomic E-state index is 2.70. The summed E-state index contributed by atoms with van der Waals surface area (Å²) < 4.78 is 0. The number of rotatable bonds is 8. The van der Waals surface area contributed by atoms with Gasteiger partial charge in [0.1, 0.15) is 0 Å². The number of hydrogen-bond acceptors (Lipinski definition) is 1. The summed E-state index contributed by atoms with van der Waals surface area (Å²) in [4.78, 5) is 2.70. The van der Waals surface area contributed by atoms with Gasteiger partial charge in [0.2, 0.25) is 0 Å². The zero-order chi connectivity index (χ0) is 13.3. The summed E-state index contributed by atoms with van der Waals surface area (Å²) >= 11 is 0. The third kappa shape index (κ3) is 5.27. The minimum Gasteiger partial charge on any atom is -0.303 e. The Balaban J connectivity index is 2.31. The predicted molar refractivity (Wildman–Crippen MR) is 86.1 cm³/mol. The van der Waals surface area contributed by atoms with Crippen molar-refractivity contribution < 1.29 is 0 Å². The fourth-order valence-corrected chi connectivity index (χ4v) is 6.86. The van der Waals surface area contributed by atoms with Crippen LogP contribution in [0.4, 0.5) is 0 Å². The predicted octanol–water partition coefficient (Wildman–Crippen LogP) is 4.93. The van der Waals surface area contributed by atoms with Gasteiger partial charge in [0.15, 0.2) is 0 Å². The standard InChI is InChI=1S/C16H33NSi/c1-4-7-15-18(5-2,6-3)16-11-14-17-12-9-8-10-13-17/h4,7H,5-6,8-16H2,1-3H3. The number of likely N-dealkylation sites (tertiary alicyclic amines) is 1. The molecule has 0 radical (unpaired) electrons. The first-order chi connectivity index (χ1) is 8.76. The van der Waals surface area contributed by atoms with Crippen LogP contribution in [-0.4, -0.2) is 32.6 Å². The Hall–Kier alpha value is -0.0831. The molecular formula is C16H33NSi. The normalized spacial score (nSPS) is 18.6. The molecule has 1 fully saturated rings. The molecule has 0 atom stereocenters. The van der Waals surface area contributed by atoms with Gasteiger partial charge in [-0.05, 0) is 51.9 Å². The molecule has 0 aliphatic carbocycles. The molecule has 1 saturated heterocycles. The Morgan fingerprint density at radius 1 is 1.06 bits per heavy atom. The summed E-state index contributed by atoms with van der Waals surface area (Å²) in [6.45, 7) is 11.1. The Kier molecular flexibility index (Phi) is 7.92. The fourth-order valence-electron chi connectivity index (χ4n) is 3.22. The maximum atomic E-state index is 2.70. The van der Waals surface area contributed by atoms with Crippen molar-refractivity contribution in [1.29, 1.82) is 0 Å². The zero-order valence-corrected chi connectivity index (χ0v) is 13.9. The molecule has 0 amide bonds. The van der Waals surface area contributed by atoms with Crippen LogP contribution >= 0.6 is 0 Å². The smallest absolute Gasteiger partial charge is 0.0568 e. The summed E-state index contributed by atoms with van der Waals surface area (Å²) in [5.41, 5.74) is 0. The van der Waals surface area contributed by atoms with Crippen LogP contribution in [0.15, 0.2) is 12.2 Å². The van der Waals surface area contributed by atoms with Crippen LogP contribution in [-0.2, 0) is 0 Å². The molecule has 18 heavy (non-hydrogen) atoms. The number of hydrogen-bond donors (Lipinski definition) is 0. The lowest BCUT2D eigenvalue weighted by molar-refractivity contribution is 0.229. The molecular weight excluding hydrogens is 234 g/mol. The molecule has 0 aromatic rings. The van der Waals surface area contributed by atoms with E-state index in [1.165, 1.54) is 63.4 Å². The van der Waals surface area contributed by atoms with E-state index in [1.54, 1.807) is 6.04 Å². The van der Waals surface area contributed by atoms with Crippen molar-refractivity contribution in [1.82, 2.24) is 4.90 Å². The molecule has 0 N–H and O–H groups in total. The van der Waals surface area contributed by atoms with Gasteiger partial charge in [-0.2, -0.15) is 0 Å². The first kappa shape index (κ1) is 16.0. The van der Waals surface area contributed by atoms with Gasteiger partial charge in [-0.3, -0.25) is 0 Å². The molecule has 1 aliphatic rings. The molecule has 0 unspecified atom stereocenters.